The molecule has 1 aromatic carbocycles. The third-order valence-corrected chi connectivity index (χ3v) is 4.19. The fourth-order valence-electron chi connectivity index (χ4n) is 2.40. The van der Waals surface area contributed by atoms with E-state index in [2.05, 4.69) is 34.8 Å². The van der Waals surface area contributed by atoms with E-state index in [0.717, 1.165) is 17.4 Å². The van der Waals surface area contributed by atoms with Crippen molar-refractivity contribution in [2.24, 2.45) is 0 Å². The van der Waals surface area contributed by atoms with Gasteiger partial charge < -0.3 is 4.90 Å². The van der Waals surface area contributed by atoms with Gasteiger partial charge in [-0.2, -0.15) is 0 Å². The maximum Gasteiger partial charge on any atom is 0.256 e. The lowest BCUT2D eigenvalue weighted by molar-refractivity contribution is 0.0537. The van der Waals surface area contributed by atoms with Crippen molar-refractivity contribution in [3.8, 4) is 0 Å². The van der Waals surface area contributed by atoms with Crippen LogP contribution >= 0.6 is 15.9 Å². The number of halogens is 2. The van der Waals surface area contributed by atoms with Crippen molar-refractivity contribution in [3.63, 3.8) is 0 Å². The second-order valence-electron chi connectivity index (χ2n) is 4.92. The monoisotopic (exact) mass is 328 g/mol. The maximum atomic E-state index is 13.8. The van der Waals surface area contributed by atoms with Crippen LogP contribution in [0.25, 0.3) is 0 Å². The van der Waals surface area contributed by atoms with Crippen LogP contribution in [0.2, 0.25) is 0 Å². The van der Waals surface area contributed by atoms with Crippen molar-refractivity contribution in [2.45, 2.75) is 19.4 Å². The molecule has 2 rings (SSSR count). The Bertz CT molecular complexity index is 481. The van der Waals surface area contributed by atoms with Gasteiger partial charge in [0.25, 0.3) is 5.91 Å². The summed E-state index contributed by atoms with van der Waals surface area (Å²) in [6.07, 6.45) is 0.987. The van der Waals surface area contributed by atoms with E-state index in [-0.39, 0.29) is 11.5 Å². The Labute approximate surface area is 121 Å². The Morgan fingerprint density at radius 2 is 2.21 bits per heavy atom. The zero-order valence-electron chi connectivity index (χ0n) is 11.2. The average molecular weight is 329 g/mol. The minimum Gasteiger partial charge on any atom is -0.336 e. The molecule has 0 aromatic heterocycles. The van der Waals surface area contributed by atoms with E-state index in [9.17, 15) is 9.18 Å². The lowest BCUT2D eigenvalue weighted by atomic mass is 10.1. The number of rotatable bonds is 2. The van der Waals surface area contributed by atoms with Crippen molar-refractivity contribution in [1.29, 1.82) is 0 Å². The molecule has 19 heavy (non-hydrogen) atoms. The normalized spacial score (nSPS) is 20.6. The first-order valence-electron chi connectivity index (χ1n) is 6.47. The number of nitrogens with zero attached hydrogens (tertiary/aromatic N) is 2. The quantitative estimate of drug-likeness (QED) is 0.833. The van der Waals surface area contributed by atoms with E-state index >= 15 is 0 Å². The lowest BCUT2D eigenvalue weighted by Crippen LogP contribution is -2.53. The van der Waals surface area contributed by atoms with Gasteiger partial charge >= 0.3 is 0 Å². The molecule has 0 saturated carbocycles. The Hall–Kier alpha value is -0.940. The number of benzene rings is 1. The molecule has 1 aliphatic heterocycles. The first kappa shape index (κ1) is 14.5. The van der Waals surface area contributed by atoms with Gasteiger partial charge in [0, 0.05) is 30.1 Å². The smallest absolute Gasteiger partial charge is 0.256 e. The number of hydrogen-bond donors (Lipinski definition) is 0. The van der Waals surface area contributed by atoms with Crippen LogP contribution in [-0.4, -0.2) is 48.4 Å². The molecule has 1 aromatic rings. The fraction of sp³-hybridized carbons (Fsp3) is 0.500. The summed E-state index contributed by atoms with van der Waals surface area (Å²) < 4.78 is 14.5. The van der Waals surface area contributed by atoms with Crippen LogP contribution in [-0.2, 0) is 0 Å². The highest BCUT2D eigenvalue weighted by molar-refractivity contribution is 9.10. The van der Waals surface area contributed by atoms with Crippen molar-refractivity contribution < 1.29 is 9.18 Å². The third kappa shape index (κ3) is 3.15. The molecular weight excluding hydrogens is 311 g/mol. The fourth-order valence-corrected chi connectivity index (χ4v) is 2.76. The van der Waals surface area contributed by atoms with Crippen LogP contribution in [0.5, 0.6) is 0 Å². The van der Waals surface area contributed by atoms with Crippen LogP contribution in [0.1, 0.15) is 23.7 Å². The van der Waals surface area contributed by atoms with Crippen LogP contribution in [0.15, 0.2) is 22.7 Å². The van der Waals surface area contributed by atoms with Crippen LogP contribution in [0.3, 0.4) is 0 Å². The van der Waals surface area contributed by atoms with Crippen LogP contribution < -0.4 is 0 Å². The van der Waals surface area contributed by atoms with Gasteiger partial charge in [-0.05, 0) is 31.7 Å². The van der Waals surface area contributed by atoms with Crippen LogP contribution in [0.4, 0.5) is 4.39 Å². The Morgan fingerprint density at radius 3 is 2.89 bits per heavy atom. The van der Waals surface area contributed by atoms with E-state index in [1.807, 2.05) is 0 Å². The molecule has 0 spiro atoms. The van der Waals surface area contributed by atoms with Crippen LogP contribution in [0, 0.1) is 5.82 Å². The predicted octanol–water partition coefficient (Wildman–Crippen LogP) is 2.75. The second kappa shape index (κ2) is 6.01. The molecule has 3 nitrogen and oxygen atoms in total. The molecule has 1 saturated heterocycles. The minimum absolute atomic E-state index is 0.147. The number of carbonyl (C=O) groups is 1. The largest absolute Gasteiger partial charge is 0.336 e. The SMILES string of the molecule is CCC1CN(C(=O)c2cc(Br)ccc2F)CCN1C. The zero-order chi connectivity index (χ0) is 14.0. The standard InChI is InChI=1S/C14H18BrFN2O/c1-3-11-9-18(7-6-17(11)2)14(19)12-8-10(15)4-5-13(12)16/h4-5,8,11H,3,6-7,9H2,1-2H3. The average Bonchev–Trinajstić information content (AvgIpc) is 2.41. The summed E-state index contributed by atoms with van der Waals surface area (Å²) in [4.78, 5) is 16.4. The maximum absolute atomic E-state index is 13.8. The highest BCUT2D eigenvalue weighted by Crippen LogP contribution is 2.19. The van der Waals surface area contributed by atoms with Gasteiger partial charge in [0.05, 0.1) is 5.56 Å². The van der Waals surface area contributed by atoms with E-state index in [1.165, 1.54) is 6.07 Å². The lowest BCUT2D eigenvalue weighted by Gasteiger charge is -2.39. The molecular formula is C14H18BrFN2O. The first-order chi connectivity index (χ1) is 9.02. The van der Waals surface area contributed by atoms with Gasteiger partial charge in [-0.1, -0.05) is 22.9 Å². The van der Waals surface area contributed by atoms with Crippen molar-refractivity contribution in [2.75, 3.05) is 26.7 Å². The topological polar surface area (TPSA) is 23.6 Å². The number of likely N-dealkylation sites (N-methyl/N-ethyl adjacent to an activating group) is 1. The second-order valence-corrected chi connectivity index (χ2v) is 5.83. The minimum atomic E-state index is -0.458. The Kier molecular flexibility index (Phi) is 4.58. The van der Waals surface area contributed by atoms with Gasteiger partial charge in [0.2, 0.25) is 0 Å². The zero-order valence-corrected chi connectivity index (χ0v) is 12.8. The summed E-state index contributed by atoms with van der Waals surface area (Å²) in [6, 6.07) is 4.83. The number of hydrogen-bond acceptors (Lipinski definition) is 2. The first-order valence-corrected chi connectivity index (χ1v) is 7.26. The highest BCUT2D eigenvalue weighted by Gasteiger charge is 2.28. The molecule has 104 valence electrons. The molecule has 1 unspecified atom stereocenters. The molecule has 5 heteroatoms. The van der Waals surface area contributed by atoms with Gasteiger partial charge in [0.15, 0.2) is 0 Å². The van der Waals surface area contributed by atoms with Gasteiger partial charge in [0.1, 0.15) is 5.82 Å². The molecule has 1 atom stereocenters. The van der Waals surface area contributed by atoms with Crippen molar-refractivity contribution in [1.82, 2.24) is 9.80 Å². The van der Waals surface area contributed by atoms with E-state index in [0.29, 0.717) is 19.1 Å². The molecule has 1 amide bonds. The molecule has 1 heterocycles. The van der Waals surface area contributed by atoms with Crippen molar-refractivity contribution >= 4 is 21.8 Å². The summed E-state index contributed by atoms with van der Waals surface area (Å²) >= 11 is 3.28. The number of piperazine rings is 1. The Balaban J connectivity index is 2.18. The summed E-state index contributed by atoms with van der Waals surface area (Å²) in [5, 5.41) is 0. The van der Waals surface area contributed by atoms with E-state index < -0.39 is 5.82 Å². The van der Waals surface area contributed by atoms with E-state index in [1.54, 1.807) is 17.0 Å². The predicted molar refractivity (Wildman–Crippen MR) is 76.7 cm³/mol. The molecule has 0 bridgehead atoms. The molecule has 1 fully saturated rings. The Morgan fingerprint density at radius 1 is 1.47 bits per heavy atom. The molecule has 1 aliphatic rings. The van der Waals surface area contributed by atoms with E-state index in [4.69, 9.17) is 0 Å². The molecule has 0 radical (unpaired) electrons. The van der Waals surface area contributed by atoms with Gasteiger partial charge in [-0.3, -0.25) is 9.69 Å². The molecule has 0 N–H and O–H groups in total. The summed E-state index contributed by atoms with van der Waals surface area (Å²) in [5.41, 5.74) is 0.147. The number of amides is 1. The summed E-state index contributed by atoms with van der Waals surface area (Å²) in [7, 11) is 2.07. The van der Waals surface area contributed by atoms with Gasteiger partial charge in [-0.25, -0.2) is 4.39 Å². The van der Waals surface area contributed by atoms with Gasteiger partial charge in [-0.15, -0.1) is 0 Å². The summed E-state index contributed by atoms with van der Waals surface area (Å²) in [6.45, 7) is 4.25. The highest BCUT2D eigenvalue weighted by atomic mass is 79.9. The summed E-state index contributed by atoms with van der Waals surface area (Å²) in [5.74, 6) is -0.675. The molecule has 0 aliphatic carbocycles. The number of carbonyl (C=O) groups excluding carboxylic acids is 1. The third-order valence-electron chi connectivity index (χ3n) is 3.69. The van der Waals surface area contributed by atoms with Crippen molar-refractivity contribution in [3.05, 3.63) is 34.1 Å².